The maximum absolute atomic E-state index is 12.7. The number of rotatable bonds is 3. The predicted molar refractivity (Wildman–Crippen MR) is 88.7 cm³/mol. The van der Waals surface area contributed by atoms with E-state index >= 15 is 0 Å². The van der Waals surface area contributed by atoms with Crippen LogP contribution in [0.15, 0.2) is 36.4 Å². The van der Waals surface area contributed by atoms with Crippen molar-refractivity contribution in [1.29, 1.82) is 0 Å². The SMILES string of the molecule is COc1ccc2c(c1)CCN2C(=O)Cc1cc(C)ccc1C. The molecule has 3 heteroatoms. The lowest BCUT2D eigenvalue weighted by Gasteiger charge is -2.18. The molecule has 1 heterocycles. The molecule has 0 unspecified atom stereocenters. The molecule has 0 radical (unpaired) electrons. The second kappa shape index (κ2) is 5.84. The van der Waals surface area contributed by atoms with Gasteiger partial charge in [0.2, 0.25) is 5.91 Å². The van der Waals surface area contributed by atoms with Gasteiger partial charge >= 0.3 is 0 Å². The molecule has 22 heavy (non-hydrogen) atoms. The molecule has 0 aliphatic carbocycles. The van der Waals surface area contributed by atoms with Crippen molar-refractivity contribution < 1.29 is 9.53 Å². The maximum Gasteiger partial charge on any atom is 0.231 e. The first-order valence-corrected chi connectivity index (χ1v) is 7.62. The van der Waals surface area contributed by atoms with Crippen LogP contribution in [0, 0.1) is 13.8 Å². The van der Waals surface area contributed by atoms with E-state index in [9.17, 15) is 4.79 Å². The van der Waals surface area contributed by atoms with Crippen LogP contribution in [-0.2, 0) is 17.6 Å². The van der Waals surface area contributed by atoms with Crippen molar-refractivity contribution in [2.24, 2.45) is 0 Å². The highest BCUT2D eigenvalue weighted by atomic mass is 16.5. The molecule has 3 rings (SSSR count). The fourth-order valence-electron chi connectivity index (χ4n) is 3.01. The molecule has 0 bridgehead atoms. The lowest BCUT2D eigenvalue weighted by molar-refractivity contribution is -0.117. The third-order valence-electron chi connectivity index (χ3n) is 4.33. The van der Waals surface area contributed by atoms with Crippen molar-refractivity contribution in [2.75, 3.05) is 18.6 Å². The highest BCUT2D eigenvalue weighted by molar-refractivity contribution is 5.97. The largest absolute Gasteiger partial charge is 0.497 e. The predicted octanol–water partition coefficient (Wildman–Crippen LogP) is 3.44. The molecule has 2 aromatic rings. The maximum atomic E-state index is 12.7. The molecule has 114 valence electrons. The van der Waals surface area contributed by atoms with Gasteiger partial charge in [-0.15, -0.1) is 0 Å². The lowest BCUT2D eigenvalue weighted by Crippen LogP contribution is -2.30. The Morgan fingerprint density at radius 1 is 1.18 bits per heavy atom. The van der Waals surface area contributed by atoms with Crippen molar-refractivity contribution in [3.63, 3.8) is 0 Å². The van der Waals surface area contributed by atoms with Gasteiger partial charge in [0, 0.05) is 12.2 Å². The van der Waals surface area contributed by atoms with Gasteiger partial charge in [-0.1, -0.05) is 23.8 Å². The van der Waals surface area contributed by atoms with Crippen LogP contribution in [0.25, 0.3) is 0 Å². The molecule has 1 aliphatic heterocycles. The number of hydrogen-bond acceptors (Lipinski definition) is 2. The normalized spacial score (nSPS) is 13.1. The van der Waals surface area contributed by atoms with Crippen LogP contribution in [0.1, 0.15) is 22.3 Å². The molecule has 0 atom stereocenters. The van der Waals surface area contributed by atoms with Crippen LogP contribution in [0.2, 0.25) is 0 Å². The van der Waals surface area contributed by atoms with Gasteiger partial charge in [0.05, 0.1) is 13.5 Å². The van der Waals surface area contributed by atoms with E-state index < -0.39 is 0 Å². The first kappa shape index (κ1) is 14.6. The van der Waals surface area contributed by atoms with Gasteiger partial charge in [-0.25, -0.2) is 0 Å². The number of aryl methyl sites for hydroxylation is 2. The molecule has 0 saturated carbocycles. The third kappa shape index (κ3) is 2.71. The Balaban J connectivity index is 1.82. The topological polar surface area (TPSA) is 29.5 Å². The molecular weight excluding hydrogens is 274 g/mol. The minimum Gasteiger partial charge on any atom is -0.497 e. The Bertz CT molecular complexity index is 721. The molecule has 0 saturated heterocycles. The fraction of sp³-hybridized carbons (Fsp3) is 0.316. The highest BCUT2D eigenvalue weighted by Gasteiger charge is 2.25. The summed E-state index contributed by atoms with van der Waals surface area (Å²) in [5, 5.41) is 0. The second-order valence-corrected chi connectivity index (χ2v) is 5.90. The van der Waals surface area contributed by atoms with Crippen molar-refractivity contribution in [3.8, 4) is 5.75 Å². The summed E-state index contributed by atoms with van der Waals surface area (Å²) in [5.41, 5.74) is 5.70. The van der Waals surface area contributed by atoms with Gasteiger partial charge < -0.3 is 9.64 Å². The van der Waals surface area contributed by atoms with Crippen LogP contribution in [0.4, 0.5) is 5.69 Å². The monoisotopic (exact) mass is 295 g/mol. The van der Waals surface area contributed by atoms with Crippen LogP contribution >= 0.6 is 0 Å². The quantitative estimate of drug-likeness (QED) is 0.868. The number of benzene rings is 2. The number of hydrogen-bond donors (Lipinski definition) is 0. The molecule has 0 fully saturated rings. The van der Waals surface area contributed by atoms with Crippen molar-refractivity contribution >= 4 is 11.6 Å². The Labute approximate surface area is 131 Å². The first-order chi connectivity index (χ1) is 10.6. The Morgan fingerprint density at radius 2 is 2.00 bits per heavy atom. The molecular formula is C19H21NO2. The molecule has 2 aromatic carbocycles. The first-order valence-electron chi connectivity index (χ1n) is 7.62. The number of methoxy groups -OCH3 is 1. The zero-order chi connectivity index (χ0) is 15.7. The van der Waals surface area contributed by atoms with E-state index in [-0.39, 0.29) is 5.91 Å². The van der Waals surface area contributed by atoms with Crippen molar-refractivity contribution in [3.05, 3.63) is 58.7 Å². The summed E-state index contributed by atoms with van der Waals surface area (Å²) in [6, 6.07) is 12.2. The molecule has 1 aliphatic rings. The van der Waals surface area contributed by atoms with E-state index in [0.717, 1.165) is 30.0 Å². The summed E-state index contributed by atoms with van der Waals surface area (Å²) < 4.78 is 5.26. The van der Waals surface area contributed by atoms with Crippen LogP contribution in [0.5, 0.6) is 5.75 Å². The Hall–Kier alpha value is -2.29. The van der Waals surface area contributed by atoms with Gasteiger partial charge in [-0.3, -0.25) is 4.79 Å². The Kier molecular flexibility index (Phi) is 3.88. The minimum atomic E-state index is 0.164. The summed E-state index contributed by atoms with van der Waals surface area (Å²) >= 11 is 0. The summed E-state index contributed by atoms with van der Waals surface area (Å²) in [6.07, 6.45) is 1.35. The average Bonchev–Trinajstić information content (AvgIpc) is 2.93. The van der Waals surface area contributed by atoms with Crippen LogP contribution < -0.4 is 9.64 Å². The number of anilines is 1. The van der Waals surface area contributed by atoms with Gasteiger partial charge in [0.15, 0.2) is 0 Å². The molecule has 0 aromatic heterocycles. The van der Waals surface area contributed by atoms with Gasteiger partial charge in [0.25, 0.3) is 0 Å². The van der Waals surface area contributed by atoms with E-state index in [1.807, 2.05) is 23.1 Å². The number of fused-ring (bicyclic) bond motifs is 1. The van der Waals surface area contributed by atoms with E-state index in [1.54, 1.807) is 7.11 Å². The zero-order valence-electron chi connectivity index (χ0n) is 13.3. The third-order valence-corrected chi connectivity index (χ3v) is 4.33. The number of amides is 1. The van der Waals surface area contributed by atoms with Crippen LogP contribution in [-0.4, -0.2) is 19.6 Å². The smallest absolute Gasteiger partial charge is 0.231 e. The molecule has 0 spiro atoms. The number of carbonyl (C=O) groups excluding carboxylic acids is 1. The Morgan fingerprint density at radius 3 is 2.77 bits per heavy atom. The highest BCUT2D eigenvalue weighted by Crippen LogP contribution is 2.31. The van der Waals surface area contributed by atoms with Gasteiger partial charge in [-0.2, -0.15) is 0 Å². The van der Waals surface area contributed by atoms with Crippen molar-refractivity contribution in [2.45, 2.75) is 26.7 Å². The van der Waals surface area contributed by atoms with E-state index in [0.29, 0.717) is 6.42 Å². The van der Waals surface area contributed by atoms with Gasteiger partial charge in [0.1, 0.15) is 5.75 Å². The second-order valence-electron chi connectivity index (χ2n) is 5.90. The van der Waals surface area contributed by atoms with Gasteiger partial charge in [-0.05, 0) is 55.2 Å². The lowest BCUT2D eigenvalue weighted by atomic mass is 10.0. The van der Waals surface area contributed by atoms with E-state index in [4.69, 9.17) is 4.74 Å². The molecule has 3 nitrogen and oxygen atoms in total. The zero-order valence-corrected chi connectivity index (χ0v) is 13.3. The molecule has 1 amide bonds. The van der Waals surface area contributed by atoms with E-state index in [1.165, 1.54) is 16.7 Å². The fourth-order valence-corrected chi connectivity index (χ4v) is 3.01. The summed E-state index contributed by atoms with van der Waals surface area (Å²) in [5.74, 6) is 1.01. The van der Waals surface area contributed by atoms with Crippen molar-refractivity contribution in [1.82, 2.24) is 0 Å². The number of carbonyl (C=O) groups is 1. The van der Waals surface area contributed by atoms with E-state index in [2.05, 4.69) is 32.0 Å². The number of ether oxygens (including phenoxy) is 1. The summed E-state index contributed by atoms with van der Waals surface area (Å²) in [6.45, 7) is 4.88. The molecule has 0 N–H and O–H groups in total. The van der Waals surface area contributed by atoms with Crippen LogP contribution in [0.3, 0.4) is 0 Å². The average molecular weight is 295 g/mol. The summed E-state index contributed by atoms with van der Waals surface area (Å²) in [4.78, 5) is 14.6. The standard InChI is InChI=1S/C19H21NO2/c1-13-4-5-14(2)16(10-13)12-19(21)20-9-8-15-11-17(22-3)6-7-18(15)20/h4-7,10-11H,8-9,12H2,1-3H3. The summed E-state index contributed by atoms with van der Waals surface area (Å²) in [7, 11) is 1.67. The number of nitrogens with zero attached hydrogens (tertiary/aromatic N) is 1. The minimum absolute atomic E-state index is 0.164.